The van der Waals surface area contributed by atoms with E-state index in [1.807, 2.05) is 0 Å². The van der Waals surface area contributed by atoms with Gasteiger partial charge in [-0.3, -0.25) is 8.74 Å². The molecule has 0 amide bonds. The molecule has 4 nitrogen and oxygen atoms in total. The zero-order valence-electron chi connectivity index (χ0n) is 10.8. The average molecular weight is 283 g/mol. The van der Waals surface area contributed by atoms with Crippen LogP contribution >= 0.6 is 0 Å². The molecule has 2 atom stereocenters. The van der Waals surface area contributed by atoms with Crippen LogP contribution in [0.4, 0.5) is 0 Å². The summed E-state index contributed by atoms with van der Waals surface area (Å²) in [4.78, 5) is 0. The van der Waals surface area contributed by atoms with Gasteiger partial charge in [-0.25, -0.2) is 0 Å². The molecule has 0 aliphatic rings. The van der Waals surface area contributed by atoms with Crippen molar-refractivity contribution in [2.45, 2.75) is 58.4 Å². The SMILES string of the molecule is CCCCCC[C@H](CC)NCCOS(=O)(O)=S. The van der Waals surface area contributed by atoms with Crippen LogP contribution in [0, 0.1) is 0 Å². The van der Waals surface area contributed by atoms with Crippen molar-refractivity contribution < 1.29 is 12.9 Å². The fourth-order valence-corrected chi connectivity index (χ4v) is 2.18. The van der Waals surface area contributed by atoms with Gasteiger partial charge in [-0.1, -0.05) is 39.5 Å². The normalized spacial score (nSPS) is 16.6. The summed E-state index contributed by atoms with van der Waals surface area (Å²) in [5.74, 6) is 0. The lowest BCUT2D eigenvalue weighted by Gasteiger charge is -2.16. The van der Waals surface area contributed by atoms with Crippen molar-refractivity contribution >= 4 is 20.2 Å². The summed E-state index contributed by atoms with van der Waals surface area (Å²) < 4.78 is 24.0. The molecule has 0 saturated carbocycles. The molecule has 0 bridgehead atoms. The first-order valence-electron chi connectivity index (χ1n) is 6.34. The van der Waals surface area contributed by atoms with Crippen LogP contribution in [0.3, 0.4) is 0 Å². The summed E-state index contributed by atoms with van der Waals surface area (Å²) >= 11 is 4.22. The van der Waals surface area contributed by atoms with Crippen molar-refractivity contribution in [3.05, 3.63) is 0 Å². The zero-order chi connectivity index (χ0) is 13.1. The first kappa shape index (κ1) is 17.2. The molecule has 0 heterocycles. The van der Waals surface area contributed by atoms with Crippen molar-refractivity contribution in [1.29, 1.82) is 0 Å². The van der Waals surface area contributed by atoms with E-state index in [1.54, 1.807) is 0 Å². The third-order valence-corrected chi connectivity index (χ3v) is 3.42. The summed E-state index contributed by atoms with van der Waals surface area (Å²) in [7, 11) is -3.46. The highest BCUT2D eigenvalue weighted by atomic mass is 32.9. The van der Waals surface area contributed by atoms with Crippen LogP contribution in [0.1, 0.15) is 52.4 Å². The summed E-state index contributed by atoms with van der Waals surface area (Å²) in [5, 5.41) is 3.31. The molecule has 0 rings (SSSR count). The molecular weight excluding hydrogens is 258 g/mol. The Morgan fingerprint density at radius 2 is 2.06 bits per heavy atom. The summed E-state index contributed by atoms with van der Waals surface area (Å²) in [6.45, 7) is 5.10. The summed E-state index contributed by atoms with van der Waals surface area (Å²) in [6, 6.07) is 0.468. The highest BCUT2D eigenvalue weighted by Gasteiger charge is 2.05. The minimum Gasteiger partial charge on any atom is -0.312 e. The fraction of sp³-hybridized carbons (Fsp3) is 1.00. The van der Waals surface area contributed by atoms with E-state index in [-0.39, 0.29) is 6.61 Å². The van der Waals surface area contributed by atoms with E-state index in [2.05, 4.69) is 34.5 Å². The highest BCUT2D eigenvalue weighted by Crippen LogP contribution is 2.07. The van der Waals surface area contributed by atoms with Gasteiger partial charge in [-0.2, -0.15) is 4.21 Å². The van der Waals surface area contributed by atoms with Crippen LogP contribution in [0.5, 0.6) is 0 Å². The average Bonchev–Trinajstić information content (AvgIpc) is 2.25. The number of hydrogen-bond donors (Lipinski definition) is 2. The minimum absolute atomic E-state index is 0.185. The summed E-state index contributed by atoms with van der Waals surface area (Å²) in [5.41, 5.74) is 0. The number of hydrogen-bond acceptors (Lipinski definition) is 4. The van der Waals surface area contributed by atoms with Crippen LogP contribution in [-0.4, -0.2) is 28.0 Å². The molecule has 0 aromatic carbocycles. The van der Waals surface area contributed by atoms with Crippen LogP contribution in [-0.2, 0) is 24.4 Å². The lowest BCUT2D eigenvalue weighted by atomic mass is 10.1. The van der Waals surface area contributed by atoms with E-state index in [0.29, 0.717) is 12.6 Å². The van der Waals surface area contributed by atoms with Crippen molar-refractivity contribution in [2.24, 2.45) is 0 Å². The molecule has 0 radical (unpaired) electrons. The predicted molar refractivity (Wildman–Crippen MR) is 74.9 cm³/mol. The Morgan fingerprint density at radius 1 is 1.35 bits per heavy atom. The van der Waals surface area contributed by atoms with Gasteiger partial charge in [0.25, 0.3) is 9.05 Å². The van der Waals surface area contributed by atoms with E-state index in [1.165, 1.54) is 25.7 Å². The van der Waals surface area contributed by atoms with Gasteiger partial charge in [0.1, 0.15) is 0 Å². The Hall–Kier alpha value is 0.250. The van der Waals surface area contributed by atoms with E-state index in [9.17, 15) is 4.21 Å². The predicted octanol–water partition coefficient (Wildman–Crippen LogP) is 2.48. The summed E-state index contributed by atoms with van der Waals surface area (Å²) in [6.07, 6.45) is 7.27. The second-order valence-electron chi connectivity index (χ2n) is 4.16. The lowest BCUT2D eigenvalue weighted by Crippen LogP contribution is -2.31. The lowest BCUT2D eigenvalue weighted by molar-refractivity contribution is 0.291. The van der Waals surface area contributed by atoms with Gasteiger partial charge >= 0.3 is 0 Å². The number of unbranched alkanes of at least 4 members (excludes halogenated alkanes) is 3. The van der Waals surface area contributed by atoms with Gasteiger partial charge in [0.05, 0.1) is 6.61 Å². The van der Waals surface area contributed by atoms with Crippen molar-refractivity contribution in [3.8, 4) is 0 Å². The van der Waals surface area contributed by atoms with Gasteiger partial charge < -0.3 is 5.32 Å². The maximum absolute atomic E-state index is 10.7. The van der Waals surface area contributed by atoms with E-state index < -0.39 is 9.05 Å². The maximum Gasteiger partial charge on any atom is 0.266 e. The van der Waals surface area contributed by atoms with Crippen LogP contribution < -0.4 is 5.32 Å². The first-order chi connectivity index (χ1) is 7.99. The molecule has 6 heteroatoms. The number of nitrogens with one attached hydrogen (secondary N) is 1. The molecule has 0 aromatic heterocycles. The third-order valence-electron chi connectivity index (χ3n) is 2.67. The van der Waals surface area contributed by atoms with E-state index in [4.69, 9.17) is 4.55 Å². The zero-order valence-corrected chi connectivity index (χ0v) is 12.4. The molecule has 0 saturated heterocycles. The Bertz CT molecular complexity index is 268. The molecule has 0 fully saturated rings. The topological polar surface area (TPSA) is 58.6 Å². The van der Waals surface area contributed by atoms with Gasteiger partial charge in [0.15, 0.2) is 0 Å². The monoisotopic (exact) mass is 283 g/mol. The van der Waals surface area contributed by atoms with Crippen LogP contribution in [0.15, 0.2) is 0 Å². The van der Waals surface area contributed by atoms with Crippen LogP contribution in [0.25, 0.3) is 0 Å². The second kappa shape index (κ2) is 10.2. The molecular formula is C11H25NO3S2. The molecule has 104 valence electrons. The van der Waals surface area contributed by atoms with Crippen LogP contribution in [0.2, 0.25) is 0 Å². The minimum atomic E-state index is -3.46. The molecule has 17 heavy (non-hydrogen) atoms. The van der Waals surface area contributed by atoms with Gasteiger partial charge in [-0.05, 0) is 12.8 Å². The first-order valence-corrected chi connectivity index (χ1v) is 8.71. The second-order valence-corrected chi connectivity index (χ2v) is 6.51. The molecule has 2 N–H and O–H groups in total. The smallest absolute Gasteiger partial charge is 0.266 e. The van der Waals surface area contributed by atoms with Crippen molar-refractivity contribution in [2.75, 3.05) is 13.2 Å². The largest absolute Gasteiger partial charge is 0.312 e. The molecule has 1 unspecified atom stereocenters. The number of rotatable bonds is 11. The Labute approximate surface area is 110 Å². The van der Waals surface area contributed by atoms with Gasteiger partial charge in [0.2, 0.25) is 0 Å². The molecule has 0 aromatic rings. The van der Waals surface area contributed by atoms with Crippen molar-refractivity contribution in [3.63, 3.8) is 0 Å². The standard InChI is InChI=1S/C11H25NO3S2/c1-3-5-6-7-8-11(4-2)12-9-10-15-17(13,14)16/h11-12H,3-10H2,1-2H3,(H,13,14,16)/t11-/m0/s1. The fourth-order valence-electron chi connectivity index (χ4n) is 1.68. The van der Waals surface area contributed by atoms with Gasteiger partial charge in [0, 0.05) is 23.8 Å². The van der Waals surface area contributed by atoms with E-state index >= 15 is 0 Å². The van der Waals surface area contributed by atoms with Gasteiger partial charge in [-0.15, -0.1) is 0 Å². The molecule has 0 aliphatic heterocycles. The Balaban J connectivity index is 3.54. The van der Waals surface area contributed by atoms with Crippen molar-refractivity contribution in [1.82, 2.24) is 5.32 Å². The van der Waals surface area contributed by atoms with E-state index in [0.717, 1.165) is 12.8 Å². The maximum atomic E-state index is 10.7. The third kappa shape index (κ3) is 12.5. The quantitative estimate of drug-likeness (QED) is 0.571. The Morgan fingerprint density at radius 3 is 2.59 bits per heavy atom. The molecule has 0 spiro atoms. The Kier molecular flexibility index (Phi) is 10.3. The highest BCUT2D eigenvalue weighted by molar-refractivity contribution is 8.27. The molecule has 0 aliphatic carbocycles.